The second kappa shape index (κ2) is 4.56. The van der Waals surface area contributed by atoms with Crippen LogP contribution in [0.15, 0.2) is 0 Å². The van der Waals surface area contributed by atoms with Crippen LogP contribution in [0.25, 0.3) is 0 Å². The summed E-state index contributed by atoms with van der Waals surface area (Å²) in [5.74, 6) is 2.28. The molecule has 0 atom stereocenters. The van der Waals surface area contributed by atoms with Crippen LogP contribution < -0.4 is 5.73 Å². The Hall–Kier alpha value is -1.23. The van der Waals surface area contributed by atoms with Gasteiger partial charge in [-0.05, 0) is 12.8 Å². The first-order valence-corrected chi connectivity index (χ1v) is 6.06. The number of nitrogens with zero attached hydrogens (tertiary/aromatic N) is 3. The van der Waals surface area contributed by atoms with Crippen molar-refractivity contribution in [3.63, 3.8) is 0 Å². The Kier molecular flexibility index (Phi) is 3.28. The highest BCUT2D eigenvalue weighted by Crippen LogP contribution is 2.26. The summed E-state index contributed by atoms with van der Waals surface area (Å²) in [6.07, 6.45) is 1.93. The number of hydrogen-bond acceptors (Lipinski definition) is 5. The van der Waals surface area contributed by atoms with E-state index in [4.69, 9.17) is 10.5 Å². The van der Waals surface area contributed by atoms with E-state index in [2.05, 4.69) is 35.7 Å². The van der Waals surface area contributed by atoms with Crippen molar-refractivity contribution in [1.82, 2.24) is 15.0 Å². The van der Waals surface area contributed by atoms with Crippen molar-refractivity contribution in [2.45, 2.75) is 44.9 Å². The third-order valence-electron chi connectivity index (χ3n) is 2.93. The number of anilines is 1. The molecule has 0 saturated carbocycles. The molecule has 0 aliphatic carbocycles. The third kappa shape index (κ3) is 2.91. The molecule has 0 unspecified atom stereocenters. The van der Waals surface area contributed by atoms with Gasteiger partial charge in [0, 0.05) is 24.5 Å². The second-order valence-electron chi connectivity index (χ2n) is 5.51. The summed E-state index contributed by atoms with van der Waals surface area (Å²) in [6, 6.07) is 0. The van der Waals surface area contributed by atoms with Crippen molar-refractivity contribution in [1.29, 1.82) is 0 Å². The molecule has 5 heteroatoms. The fraction of sp³-hybridized carbons (Fsp3) is 0.750. The Bertz CT molecular complexity index is 394. The number of ether oxygens (including phenoxy) is 1. The van der Waals surface area contributed by atoms with Gasteiger partial charge in [0.05, 0.1) is 0 Å². The first-order chi connectivity index (χ1) is 7.97. The zero-order chi connectivity index (χ0) is 12.5. The van der Waals surface area contributed by atoms with Crippen molar-refractivity contribution in [2.24, 2.45) is 0 Å². The molecule has 0 aromatic carbocycles. The Morgan fingerprint density at radius 3 is 2.35 bits per heavy atom. The van der Waals surface area contributed by atoms with Gasteiger partial charge in [0.25, 0.3) is 0 Å². The molecular weight excluding hydrogens is 216 g/mol. The zero-order valence-corrected chi connectivity index (χ0v) is 10.7. The Morgan fingerprint density at radius 1 is 1.12 bits per heavy atom. The summed E-state index contributed by atoms with van der Waals surface area (Å²) < 4.78 is 5.35. The number of nitrogen functional groups attached to an aromatic ring is 1. The van der Waals surface area contributed by atoms with E-state index in [-0.39, 0.29) is 5.41 Å². The maximum absolute atomic E-state index is 5.77. The molecule has 1 aliphatic rings. The first kappa shape index (κ1) is 12.2. The van der Waals surface area contributed by atoms with Crippen LogP contribution in [0.2, 0.25) is 0 Å². The minimum atomic E-state index is -0.100. The van der Waals surface area contributed by atoms with E-state index in [0.29, 0.717) is 11.9 Å². The van der Waals surface area contributed by atoms with Gasteiger partial charge in [-0.3, -0.25) is 0 Å². The summed E-state index contributed by atoms with van der Waals surface area (Å²) in [5, 5.41) is 0. The highest BCUT2D eigenvalue weighted by molar-refractivity contribution is 5.20. The molecule has 5 nitrogen and oxygen atoms in total. The minimum absolute atomic E-state index is 0.100. The van der Waals surface area contributed by atoms with Gasteiger partial charge in [-0.1, -0.05) is 20.8 Å². The minimum Gasteiger partial charge on any atom is -0.381 e. The van der Waals surface area contributed by atoms with Crippen LogP contribution in [0, 0.1) is 0 Å². The van der Waals surface area contributed by atoms with Crippen LogP contribution in [0.4, 0.5) is 5.95 Å². The first-order valence-electron chi connectivity index (χ1n) is 6.06. The SMILES string of the molecule is CC(C)(C)c1nc(N)nc(C2CCOCC2)n1. The predicted molar refractivity (Wildman–Crippen MR) is 65.7 cm³/mol. The standard InChI is InChI=1S/C12H20N4O/c1-12(2,3)10-14-9(15-11(13)16-10)8-4-6-17-7-5-8/h8H,4-7H2,1-3H3,(H2,13,14,15,16). The molecular formula is C12H20N4O. The van der Waals surface area contributed by atoms with E-state index in [1.54, 1.807) is 0 Å². The number of aromatic nitrogens is 3. The van der Waals surface area contributed by atoms with Crippen LogP contribution in [0.3, 0.4) is 0 Å². The molecule has 0 spiro atoms. The Morgan fingerprint density at radius 2 is 1.76 bits per heavy atom. The van der Waals surface area contributed by atoms with Crippen LogP contribution >= 0.6 is 0 Å². The molecule has 1 saturated heterocycles. The van der Waals surface area contributed by atoms with Crippen molar-refractivity contribution in [3.05, 3.63) is 11.6 Å². The average Bonchev–Trinajstić information content (AvgIpc) is 2.28. The maximum atomic E-state index is 5.77. The highest BCUT2D eigenvalue weighted by Gasteiger charge is 2.24. The highest BCUT2D eigenvalue weighted by atomic mass is 16.5. The largest absolute Gasteiger partial charge is 0.381 e. The molecule has 2 N–H and O–H groups in total. The van der Waals surface area contributed by atoms with Crippen LogP contribution in [0.1, 0.15) is 51.2 Å². The molecule has 1 aromatic heterocycles. The fourth-order valence-corrected chi connectivity index (χ4v) is 1.88. The maximum Gasteiger partial charge on any atom is 0.223 e. The fourth-order valence-electron chi connectivity index (χ4n) is 1.88. The van der Waals surface area contributed by atoms with Crippen molar-refractivity contribution in [2.75, 3.05) is 18.9 Å². The molecule has 1 fully saturated rings. The number of nitrogens with two attached hydrogens (primary N) is 1. The quantitative estimate of drug-likeness (QED) is 0.802. The lowest BCUT2D eigenvalue weighted by Crippen LogP contribution is -2.22. The van der Waals surface area contributed by atoms with E-state index in [1.807, 2.05) is 0 Å². The Balaban J connectivity index is 2.31. The smallest absolute Gasteiger partial charge is 0.223 e. The number of rotatable bonds is 1. The molecule has 94 valence electrons. The van der Waals surface area contributed by atoms with Gasteiger partial charge in [0.1, 0.15) is 11.6 Å². The normalized spacial score (nSPS) is 18.3. The van der Waals surface area contributed by atoms with E-state index >= 15 is 0 Å². The molecule has 1 aromatic rings. The van der Waals surface area contributed by atoms with Gasteiger partial charge >= 0.3 is 0 Å². The lowest BCUT2D eigenvalue weighted by molar-refractivity contribution is 0.0834. The molecule has 2 rings (SSSR count). The number of hydrogen-bond donors (Lipinski definition) is 1. The second-order valence-corrected chi connectivity index (χ2v) is 5.51. The van der Waals surface area contributed by atoms with Gasteiger partial charge in [-0.25, -0.2) is 4.98 Å². The summed E-state index contributed by atoms with van der Waals surface area (Å²) in [6.45, 7) is 7.79. The van der Waals surface area contributed by atoms with E-state index in [1.165, 1.54) is 0 Å². The molecule has 0 bridgehead atoms. The third-order valence-corrected chi connectivity index (χ3v) is 2.93. The van der Waals surface area contributed by atoms with E-state index < -0.39 is 0 Å². The topological polar surface area (TPSA) is 73.9 Å². The summed E-state index contributed by atoms with van der Waals surface area (Å²) in [5.41, 5.74) is 5.67. The summed E-state index contributed by atoms with van der Waals surface area (Å²) >= 11 is 0. The Labute approximate surface area is 102 Å². The average molecular weight is 236 g/mol. The van der Waals surface area contributed by atoms with Crippen molar-refractivity contribution < 1.29 is 4.74 Å². The molecule has 17 heavy (non-hydrogen) atoms. The monoisotopic (exact) mass is 236 g/mol. The lowest BCUT2D eigenvalue weighted by Gasteiger charge is -2.23. The van der Waals surface area contributed by atoms with Gasteiger partial charge in [0.15, 0.2) is 0 Å². The van der Waals surface area contributed by atoms with Crippen molar-refractivity contribution in [3.8, 4) is 0 Å². The van der Waals surface area contributed by atoms with E-state index in [9.17, 15) is 0 Å². The predicted octanol–water partition coefficient (Wildman–Crippen LogP) is 1.65. The van der Waals surface area contributed by atoms with Gasteiger partial charge < -0.3 is 10.5 Å². The van der Waals surface area contributed by atoms with Crippen LogP contribution in [0.5, 0.6) is 0 Å². The molecule has 2 heterocycles. The lowest BCUT2D eigenvalue weighted by atomic mass is 9.95. The van der Waals surface area contributed by atoms with Crippen LogP contribution in [-0.4, -0.2) is 28.2 Å². The van der Waals surface area contributed by atoms with Gasteiger partial charge in [-0.15, -0.1) is 0 Å². The molecule has 0 amide bonds. The molecule has 1 aliphatic heterocycles. The van der Waals surface area contributed by atoms with E-state index in [0.717, 1.165) is 37.7 Å². The van der Waals surface area contributed by atoms with Crippen molar-refractivity contribution >= 4 is 5.95 Å². The van der Waals surface area contributed by atoms with Crippen LogP contribution in [-0.2, 0) is 10.2 Å². The van der Waals surface area contributed by atoms with Gasteiger partial charge in [-0.2, -0.15) is 9.97 Å². The zero-order valence-electron chi connectivity index (χ0n) is 10.7. The van der Waals surface area contributed by atoms with Gasteiger partial charge in [0.2, 0.25) is 5.95 Å². The summed E-state index contributed by atoms with van der Waals surface area (Å²) in [7, 11) is 0. The molecule has 0 radical (unpaired) electrons. The summed E-state index contributed by atoms with van der Waals surface area (Å²) in [4.78, 5) is 13.1.